The molecule has 0 spiro atoms. The second kappa shape index (κ2) is 34.0. The normalized spacial score (nSPS) is 22.1. The molecule has 7 N–H and O–H groups in total. The van der Waals surface area contributed by atoms with Crippen molar-refractivity contribution in [1.29, 1.82) is 0 Å². The zero-order valence-electron chi connectivity index (χ0n) is 35.0. The van der Waals surface area contributed by atoms with Crippen LogP contribution in [0.3, 0.4) is 0 Å². The van der Waals surface area contributed by atoms with Crippen LogP contribution in [0.2, 0.25) is 0 Å². The van der Waals surface area contributed by atoms with Crippen LogP contribution in [0.5, 0.6) is 0 Å². The molecule has 1 rings (SSSR count). The van der Waals surface area contributed by atoms with Gasteiger partial charge in [0.25, 0.3) is 0 Å². The van der Waals surface area contributed by atoms with Crippen LogP contribution in [-0.4, -0.2) is 107 Å². The molecular formula is C43H79NO12S. The van der Waals surface area contributed by atoms with E-state index in [1.807, 2.05) is 6.08 Å². The van der Waals surface area contributed by atoms with Crippen molar-refractivity contribution in [3.05, 3.63) is 36.5 Å². The van der Waals surface area contributed by atoms with Gasteiger partial charge < -0.3 is 40.3 Å². The fourth-order valence-electron chi connectivity index (χ4n) is 6.72. The minimum Gasteiger partial charge on any atom is -0.394 e. The third kappa shape index (κ3) is 26.9. The molecule has 1 saturated heterocycles. The predicted molar refractivity (Wildman–Crippen MR) is 224 cm³/mol. The lowest BCUT2D eigenvalue weighted by Crippen LogP contribution is -2.61. The first-order valence-corrected chi connectivity index (χ1v) is 23.3. The molecule has 8 unspecified atom stereocenters. The lowest BCUT2D eigenvalue weighted by molar-refractivity contribution is -0.298. The average Bonchev–Trinajstić information content (AvgIpc) is 3.18. The summed E-state index contributed by atoms with van der Waals surface area (Å²) in [5, 5.41) is 55.0. The number of amides is 1. The summed E-state index contributed by atoms with van der Waals surface area (Å²) in [6, 6.07) is -1.12. The summed E-state index contributed by atoms with van der Waals surface area (Å²) in [5.41, 5.74) is 0. The van der Waals surface area contributed by atoms with Gasteiger partial charge in [-0.05, 0) is 51.4 Å². The Morgan fingerprint density at radius 1 is 0.719 bits per heavy atom. The van der Waals surface area contributed by atoms with Gasteiger partial charge in [0, 0.05) is 0 Å². The number of nitrogens with one attached hydrogen (secondary N) is 1. The maximum atomic E-state index is 13.1. The number of hydrogen-bond acceptors (Lipinski definition) is 11. The molecule has 1 amide bonds. The van der Waals surface area contributed by atoms with Gasteiger partial charge in [-0.2, -0.15) is 8.42 Å². The Morgan fingerprint density at radius 2 is 1.21 bits per heavy atom. The van der Waals surface area contributed by atoms with E-state index in [1.165, 1.54) is 70.3 Å². The lowest BCUT2D eigenvalue weighted by Gasteiger charge is -2.41. The Labute approximate surface area is 344 Å². The van der Waals surface area contributed by atoms with Crippen LogP contribution >= 0.6 is 0 Å². The number of rotatable bonds is 36. The number of carbonyl (C=O) groups excluding carboxylic acids is 1. The van der Waals surface area contributed by atoms with Gasteiger partial charge in [-0.15, -0.1) is 0 Å². The van der Waals surface area contributed by atoms with E-state index in [4.69, 9.17) is 14.0 Å². The Bertz CT molecular complexity index is 1180. The van der Waals surface area contributed by atoms with Gasteiger partial charge in [0.2, 0.25) is 5.91 Å². The summed E-state index contributed by atoms with van der Waals surface area (Å²) in [6.07, 6.45) is 26.5. The number of unbranched alkanes of at least 4 members (excludes halogenated alkanes) is 19. The molecule has 1 heterocycles. The van der Waals surface area contributed by atoms with Gasteiger partial charge in [0.15, 0.2) is 6.29 Å². The van der Waals surface area contributed by atoms with Crippen LogP contribution in [-0.2, 0) is 28.9 Å². The van der Waals surface area contributed by atoms with E-state index in [0.29, 0.717) is 12.8 Å². The van der Waals surface area contributed by atoms with Crippen molar-refractivity contribution >= 4 is 16.3 Å². The first kappa shape index (κ1) is 53.3. The summed E-state index contributed by atoms with van der Waals surface area (Å²) in [5.74, 6) is -0.713. The second-order valence-corrected chi connectivity index (χ2v) is 16.5. The lowest BCUT2D eigenvalue weighted by atomic mass is 9.99. The van der Waals surface area contributed by atoms with E-state index in [2.05, 4.69) is 47.7 Å². The molecule has 0 aromatic rings. The Balaban J connectivity index is 2.63. The highest BCUT2D eigenvalue weighted by molar-refractivity contribution is 7.80. The van der Waals surface area contributed by atoms with E-state index in [9.17, 15) is 38.7 Å². The van der Waals surface area contributed by atoms with E-state index >= 15 is 0 Å². The van der Waals surface area contributed by atoms with Crippen LogP contribution in [0.4, 0.5) is 0 Å². The fourth-order valence-corrected chi connectivity index (χ4v) is 7.23. The SMILES string of the molecule is CCCCC/C=C\C/C=C\CCCCCCCCC(O)C(=O)NC(COC1OC(CO)C(O)C(OS(=O)(=O)O)C1O)C(O)/C=C/CCCCCCCCCCCC. The van der Waals surface area contributed by atoms with Crippen molar-refractivity contribution in [2.45, 2.75) is 217 Å². The van der Waals surface area contributed by atoms with Gasteiger partial charge in [-0.1, -0.05) is 153 Å². The van der Waals surface area contributed by atoms with Gasteiger partial charge in [-0.25, -0.2) is 4.18 Å². The highest BCUT2D eigenvalue weighted by Crippen LogP contribution is 2.26. The Morgan fingerprint density at radius 3 is 1.75 bits per heavy atom. The van der Waals surface area contributed by atoms with Gasteiger partial charge in [0.05, 0.1) is 25.4 Å². The Kier molecular flexibility index (Phi) is 31.8. The molecule has 334 valence electrons. The molecule has 14 heteroatoms. The summed E-state index contributed by atoms with van der Waals surface area (Å²) < 4.78 is 47.4. The maximum Gasteiger partial charge on any atom is 0.397 e. The number of allylic oxidation sites excluding steroid dienone is 5. The average molecular weight is 834 g/mol. The number of aliphatic hydroxyl groups excluding tert-OH is 5. The number of hydrogen-bond donors (Lipinski definition) is 7. The first-order valence-electron chi connectivity index (χ1n) is 22.0. The van der Waals surface area contributed by atoms with Crippen molar-refractivity contribution in [3.63, 3.8) is 0 Å². The van der Waals surface area contributed by atoms with Crippen LogP contribution < -0.4 is 5.32 Å². The van der Waals surface area contributed by atoms with E-state index in [-0.39, 0.29) is 6.42 Å². The minimum atomic E-state index is -5.12. The standard InChI is InChI=1S/C43H79NO12S/c1-3-5-7-9-11-13-15-17-18-19-20-22-24-26-28-30-32-37(47)42(50)44-35(36(46)31-29-27-25-23-21-16-14-12-10-8-6-4-2)34-54-43-40(49)41(56-57(51,52)53)39(48)38(33-45)55-43/h11,13,17-18,29,31,35-41,43,45-49H,3-10,12,14-16,19-28,30,32-34H2,1-2H3,(H,44,50)(H,51,52,53)/b13-11-,18-17-,31-29+. The molecule has 13 nitrogen and oxygen atoms in total. The zero-order valence-corrected chi connectivity index (χ0v) is 35.8. The van der Waals surface area contributed by atoms with Crippen molar-refractivity contribution in [2.24, 2.45) is 0 Å². The third-order valence-corrected chi connectivity index (χ3v) is 10.7. The molecule has 57 heavy (non-hydrogen) atoms. The quantitative estimate of drug-likeness (QED) is 0.0195. The van der Waals surface area contributed by atoms with Gasteiger partial charge in [-0.3, -0.25) is 9.35 Å². The monoisotopic (exact) mass is 834 g/mol. The molecule has 0 aliphatic carbocycles. The molecule has 0 aromatic carbocycles. The van der Waals surface area contributed by atoms with Crippen molar-refractivity contribution in [1.82, 2.24) is 5.32 Å². The number of carbonyl (C=O) groups is 1. The van der Waals surface area contributed by atoms with E-state index in [1.54, 1.807) is 0 Å². The topological polar surface area (TPSA) is 212 Å². The summed E-state index contributed by atoms with van der Waals surface area (Å²) >= 11 is 0. The summed E-state index contributed by atoms with van der Waals surface area (Å²) in [6.45, 7) is 3.15. The van der Waals surface area contributed by atoms with Crippen LogP contribution in [0.1, 0.15) is 168 Å². The summed E-state index contributed by atoms with van der Waals surface area (Å²) in [4.78, 5) is 13.1. The van der Waals surface area contributed by atoms with E-state index in [0.717, 1.165) is 70.6 Å². The molecule has 0 aromatic heterocycles. The Hall–Kier alpha value is -1.72. The van der Waals surface area contributed by atoms with Crippen molar-refractivity contribution < 1.29 is 57.0 Å². The van der Waals surface area contributed by atoms with Crippen LogP contribution in [0, 0.1) is 0 Å². The number of aliphatic hydroxyl groups is 5. The molecule has 0 radical (unpaired) electrons. The first-order chi connectivity index (χ1) is 27.4. The second-order valence-electron chi connectivity index (χ2n) is 15.4. The van der Waals surface area contributed by atoms with Crippen molar-refractivity contribution in [2.75, 3.05) is 13.2 Å². The summed E-state index contributed by atoms with van der Waals surface area (Å²) in [7, 11) is -5.12. The maximum absolute atomic E-state index is 13.1. The fraction of sp³-hybridized carbons (Fsp3) is 0.837. The highest BCUT2D eigenvalue weighted by atomic mass is 32.3. The number of ether oxygens (including phenoxy) is 2. The van der Waals surface area contributed by atoms with Crippen LogP contribution in [0.15, 0.2) is 36.5 Å². The molecular weight excluding hydrogens is 755 g/mol. The molecule has 0 bridgehead atoms. The third-order valence-electron chi connectivity index (χ3n) is 10.3. The van der Waals surface area contributed by atoms with Crippen LogP contribution in [0.25, 0.3) is 0 Å². The zero-order chi connectivity index (χ0) is 42.2. The van der Waals surface area contributed by atoms with Gasteiger partial charge >= 0.3 is 10.4 Å². The van der Waals surface area contributed by atoms with Crippen molar-refractivity contribution in [3.8, 4) is 0 Å². The van der Waals surface area contributed by atoms with E-state index < -0.39 is 78.5 Å². The van der Waals surface area contributed by atoms with Gasteiger partial charge in [0.1, 0.15) is 30.5 Å². The molecule has 1 fully saturated rings. The largest absolute Gasteiger partial charge is 0.397 e. The smallest absolute Gasteiger partial charge is 0.394 e. The molecule has 8 atom stereocenters. The molecule has 1 aliphatic rings. The molecule has 1 aliphatic heterocycles. The predicted octanol–water partition coefficient (Wildman–Crippen LogP) is 6.91. The highest BCUT2D eigenvalue weighted by Gasteiger charge is 2.48. The minimum absolute atomic E-state index is 0.230. The molecule has 0 saturated carbocycles.